The number of hydrogen-bond acceptors (Lipinski definition) is 4. The summed E-state index contributed by atoms with van der Waals surface area (Å²) in [7, 11) is 1.86. The normalized spacial score (nSPS) is 10.9. The van der Waals surface area contributed by atoms with Crippen molar-refractivity contribution in [3.63, 3.8) is 0 Å². The van der Waals surface area contributed by atoms with Crippen molar-refractivity contribution in [1.82, 2.24) is 9.78 Å². The Morgan fingerprint density at radius 1 is 1.27 bits per heavy atom. The predicted octanol–water partition coefficient (Wildman–Crippen LogP) is 3.40. The molecule has 22 heavy (non-hydrogen) atoms. The number of ketones is 1. The van der Waals surface area contributed by atoms with Gasteiger partial charge in [-0.2, -0.15) is 5.10 Å². The number of carbonyl (C=O) groups excluding carboxylic acids is 2. The molecular weight excluding hydrogens is 298 g/mol. The molecule has 0 radical (unpaired) electrons. The van der Waals surface area contributed by atoms with E-state index in [0.717, 1.165) is 15.9 Å². The van der Waals surface area contributed by atoms with Crippen LogP contribution in [-0.2, 0) is 7.05 Å². The van der Waals surface area contributed by atoms with Crippen LogP contribution in [0.2, 0.25) is 0 Å². The lowest BCUT2D eigenvalue weighted by Crippen LogP contribution is -2.12. The highest BCUT2D eigenvalue weighted by molar-refractivity contribution is 7.20. The number of hydrogen-bond donors (Lipinski definition) is 1. The lowest BCUT2D eigenvalue weighted by Gasteiger charge is -2.07. The first-order valence-electron chi connectivity index (χ1n) is 6.82. The Kier molecular flexibility index (Phi) is 3.54. The highest BCUT2D eigenvalue weighted by Crippen LogP contribution is 2.28. The third-order valence-corrected chi connectivity index (χ3v) is 4.68. The quantitative estimate of drug-likeness (QED) is 0.754. The van der Waals surface area contributed by atoms with Crippen LogP contribution in [0.1, 0.15) is 32.6 Å². The maximum atomic E-state index is 12.4. The van der Waals surface area contributed by atoms with E-state index in [1.807, 2.05) is 20.0 Å². The summed E-state index contributed by atoms with van der Waals surface area (Å²) < 4.78 is 1.77. The van der Waals surface area contributed by atoms with Gasteiger partial charge in [0.2, 0.25) is 0 Å². The molecule has 0 aliphatic heterocycles. The Morgan fingerprint density at radius 3 is 2.68 bits per heavy atom. The second kappa shape index (κ2) is 5.38. The molecule has 1 N–H and O–H groups in total. The molecule has 0 aliphatic rings. The SMILES string of the molecule is CC(=O)c1ccccc1NC(=O)c1cc2c(C)nn(C)c2s1. The van der Waals surface area contributed by atoms with E-state index in [1.54, 1.807) is 28.9 Å². The number of para-hydroxylation sites is 1. The van der Waals surface area contributed by atoms with Crippen LogP contribution in [0.25, 0.3) is 10.2 Å². The van der Waals surface area contributed by atoms with Gasteiger partial charge in [-0.1, -0.05) is 12.1 Å². The minimum atomic E-state index is -0.214. The smallest absolute Gasteiger partial charge is 0.265 e. The summed E-state index contributed by atoms with van der Waals surface area (Å²) in [6, 6.07) is 8.85. The average Bonchev–Trinajstić information content (AvgIpc) is 3.02. The van der Waals surface area contributed by atoms with Gasteiger partial charge in [-0.3, -0.25) is 14.3 Å². The van der Waals surface area contributed by atoms with Gasteiger partial charge in [0, 0.05) is 18.0 Å². The zero-order chi connectivity index (χ0) is 15.9. The van der Waals surface area contributed by atoms with Crippen molar-refractivity contribution in [1.29, 1.82) is 0 Å². The van der Waals surface area contributed by atoms with Gasteiger partial charge >= 0.3 is 0 Å². The van der Waals surface area contributed by atoms with Crippen molar-refractivity contribution in [3.05, 3.63) is 46.5 Å². The van der Waals surface area contributed by atoms with Crippen molar-refractivity contribution >= 4 is 38.9 Å². The standard InChI is InChI=1S/C16H15N3O2S/c1-9-12-8-14(22-16(12)19(3)18-9)15(21)17-13-7-5-4-6-11(13)10(2)20/h4-8H,1-3H3,(H,17,21). The van der Waals surface area contributed by atoms with E-state index in [4.69, 9.17) is 0 Å². The van der Waals surface area contributed by atoms with Crippen molar-refractivity contribution in [3.8, 4) is 0 Å². The molecule has 0 atom stereocenters. The highest BCUT2D eigenvalue weighted by atomic mass is 32.1. The number of benzene rings is 1. The molecule has 0 saturated carbocycles. The molecule has 0 unspecified atom stereocenters. The van der Waals surface area contributed by atoms with Crippen LogP contribution in [-0.4, -0.2) is 21.5 Å². The van der Waals surface area contributed by atoms with Crippen LogP contribution in [0.15, 0.2) is 30.3 Å². The molecule has 112 valence electrons. The average molecular weight is 313 g/mol. The minimum absolute atomic E-state index is 0.0766. The van der Waals surface area contributed by atoms with Gasteiger partial charge in [-0.15, -0.1) is 11.3 Å². The number of nitrogens with zero attached hydrogens (tertiary/aromatic N) is 2. The molecular formula is C16H15N3O2S. The fraction of sp³-hybridized carbons (Fsp3) is 0.188. The fourth-order valence-corrected chi connectivity index (χ4v) is 3.42. The monoisotopic (exact) mass is 313 g/mol. The van der Waals surface area contributed by atoms with Gasteiger partial charge < -0.3 is 5.32 Å². The molecule has 2 aromatic heterocycles. The maximum absolute atomic E-state index is 12.4. The Hall–Kier alpha value is -2.47. The first-order chi connectivity index (χ1) is 10.5. The minimum Gasteiger partial charge on any atom is -0.321 e. The number of carbonyl (C=O) groups is 2. The molecule has 0 bridgehead atoms. The van der Waals surface area contributed by atoms with Gasteiger partial charge in [0.05, 0.1) is 16.3 Å². The summed E-state index contributed by atoms with van der Waals surface area (Å²) in [6.07, 6.45) is 0. The number of aromatic nitrogens is 2. The highest BCUT2D eigenvalue weighted by Gasteiger charge is 2.16. The lowest BCUT2D eigenvalue weighted by atomic mass is 10.1. The number of thiophene rings is 1. The van der Waals surface area contributed by atoms with E-state index in [2.05, 4.69) is 10.4 Å². The summed E-state index contributed by atoms with van der Waals surface area (Å²) in [5.41, 5.74) is 1.94. The number of nitrogens with one attached hydrogen (secondary N) is 1. The molecule has 0 saturated heterocycles. The molecule has 1 aromatic carbocycles. The molecule has 0 spiro atoms. The maximum Gasteiger partial charge on any atom is 0.265 e. The number of rotatable bonds is 3. The first kappa shape index (κ1) is 14.5. The van der Waals surface area contributed by atoms with Gasteiger partial charge in [-0.05, 0) is 32.0 Å². The summed E-state index contributed by atoms with van der Waals surface area (Å²) in [6.45, 7) is 3.40. The summed E-state index contributed by atoms with van der Waals surface area (Å²) in [4.78, 5) is 25.6. The van der Waals surface area contributed by atoms with E-state index < -0.39 is 0 Å². The van der Waals surface area contributed by atoms with Crippen LogP contribution in [0.3, 0.4) is 0 Å². The Labute approximate surface area is 131 Å². The van der Waals surface area contributed by atoms with Crippen LogP contribution >= 0.6 is 11.3 Å². The summed E-state index contributed by atoms with van der Waals surface area (Å²) >= 11 is 1.39. The van der Waals surface area contributed by atoms with Crippen LogP contribution in [0, 0.1) is 6.92 Å². The van der Waals surface area contributed by atoms with E-state index in [0.29, 0.717) is 16.1 Å². The molecule has 3 rings (SSSR count). The summed E-state index contributed by atoms with van der Waals surface area (Å²) in [5.74, 6) is -0.290. The number of aryl methyl sites for hydroxylation is 2. The first-order valence-corrected chi connectivity index (χ1v) is 7.63. The van der Waals surface area contributed by atoms with Crippen molar-refractivity contribution in [2.45, 2.75) is 13.8 Å². The van der Waals surface area contributed by atoms with Crippen molar-refractivity contribution < 1.29 is 9.59 Å². The van der Waals surface area contributed by atoms with Crippen LogP contribution in [0.5, 0.6) is 0 Å². The molecule has 1 amide bonds. The number of fused-ring (bicyclic) bond motifs is 1. The molecule has 5 nitrogen and oxygen atoms in total. The second-order valence-corrected chi connectivity index (χ2v) is 6.13. The molecule has 2 heterocycles. The van der Waals surface area contributed by atoms with Crippen LogP contribution in [0.4, 0.5) is 5.69 Å². The molecule has 6 heteroatoms. The number of amides is 1. The molecule has 3 aromatic rings. The largest absolute Gasteiger partial charge is 0.321 e. The Balaban J connectivity index is 1.94. The Morgan fingerprint density at radius 2 is 2.00 bits per heavy atom. The third-order valence-electron chi connectivity index (χ3n) is 3.47. The van der Waals surface area contributed by atoms with E-state index in [1.165, 1.54) is 18.3 Å². The van der Waals surface area contributed by atoms with Crippen molar-refractivity contribution in [2.75, 3.05) is 5.32 Å². The number of Topliss-reactive ketones (excluding diaryl/α,β-unsaturated/α-hetero) is 1. The zero-order valence-corrected chi connectivity index (χ0v) is 13.3. The van der Waals surface area contributed by atoms with Crippen molar-refractivity contribution in [2.24, 2.45) is 7.05 Å². The lowest BCUT2D eigenvalue weighted by molar-refractivity contribution is 0.101. The van der Waals surface area contributed by atoms with E-state index in [9.17, 15) is 9.59 Å². The van der Waals surface area contributed by atoms with Gasteiger partial charge in [0.1, 0.15) is 4.83 Å². The zero-order valence-electron chi connectivity index (χ0n) is 12.5. The second-order valence-electron chi connectivity index (χ2n) is 5.09. The summed E-state index contributed by atoms with van der Waals surface area (Å²) in [5, 5.41) is 8.13. The third kappa shape index (κ3) is 2.42. The van der Waals surface area contributed by atoms with Crippen LogP contribution < -0.4 is 5.32 Å². The fourth-order valence-electron chi connectivity index (χ4n) is 2.40. The van der Waals surface area contributed by atoms with Gasteiger partial charge in [0.25, 0.3) is 5.91 Å². The van der Waals surface area contributed by atoms with Gasteiger partial charge in [0.15, 0.2) is 5.78 Å². The predicted molar refractivity (Wildman–Crippen MR) is 87.7 cm³/mol. The van der Waals surface area contributed by atoms with E-state index >= 15 is 0 Å². The van der Waals surface area contributed by atoms with E-state index in [-0.39, 0.29) is 11.7 Å². The number of anilines is 1. The van der Waals surface area contributed by atoms with Gasteiger partial charge in [-0.25, -0.2) is 0 Å². The molecule has 0 fully saturated rings. The topological polar surface area (TPSA) is 64.0 Å². The Bertz CT molecular complexity index is 858. The molecule has 0 aliphatic carbocycles.